The summed E-state index contributed by atoms with van der Waals surface area (Å²) in [5, 5.41) is 9.94. The number of amides is 2. The number of carbonyl (C=O) groups excluding carboxylic acids is 2. The fourth-order valence-electron chi connectivity index (χ4n) is 4.30. The number of thioether (sulfide) groups is 1. The molecule has 3 aromatic rings. The van der Waals surface area contributed by atoms with Crippen molar-refractivity contribution in [2.75, 3.05) is 19.5 Å². The van der Waals surface area contributed by atoms with E-state index >= 15 is 0 Å². The summed E-state index contributed by atoms with van der Waals surface area (Å²) in [6, 6.07) is 22.1. The van der Waals surface area contributed by atoms with Crippen LogP contribution in [0.25, 0.3) is 0 Å². The number of benzene rings is 3. The molecule has 0 unspecified atom stereocenters. The first-order valence-corrected chi connectivity index (χ1v) is 13.2. The van der Waals surface area contributed by atoms with E-state index in [-0.39, 0.29) is 24.3 Å². The number of halogens is 1. The number of carbonyl (C=O) groups is 2. The Labute approximate surface area is 229 Å². The number of aliphatic imine (C=N–C) groups is 1. The van der Waals surface area contributed by atoms with E-state index in [0.29, 0.717) is 28.0 Å². The van der Waals surface area contributed by atoms with Crippen molar-refractivity contribution in [2.45, 2.75) is 24.1 Å². The highest BCUT2D eigenvalue weighted by molar-refractivity contribution is 8.15. The maximum atomic E-state index is 12.8. The van der Waals surface area contributed by atoms with Gasteiger partial charge in [-0.15, -0.1) is 0 Å². The van der Waals surface area contributed by atoms with Crippen LogP contribution in [0.1, 0.15) is 30.0 Å². The van der Waals surface area contributed by atoms with Crippen LogP contribution in [0.4, 0.5) is 5.69 Å². The van der Waals surface area contributed by atoms with Crippen molar-refractivity contribution in [2.24, 2.45) is 10.1 Å². The van der Waals surface area contributed by atoms with Gasteiger partial charge in [0.2, 0.25) is 5.91 Å². The number of hydrogen-bond acceptors (Lipinski definition) is 7. The molecular formula is C28H25ClN4O4S. The fraction of sp³-hybridized carbons (Fsp3) is 0.214. The lowest BCUT2D eigenvalue weighted by molar-refractivity contribution is -0.121. The Morgan fingerprint density at radius 1 is 1.05 bits per heavy atom. The molecule has 0 aliphatic carbocycles. The predicted molar refractivity (Wildman–Crippen MR) is 150 cm³/mol. The lowest BCUT2D eigenvalue weighted by Crippen LogP contribution is -2.25. The van der Waals surface area contributed by atoms with E-state index < -0.39 is 5.25 Å². The van der Waals surface area contributed by atoms with E-state index in [1.807, 2.05) is 48.5 Å². The first-order valence-electron chi connectivity index (χ1n) is 11.9. The van der Waals surface area contributed by atoms with Crippen LogP contribution in [0.5, 0.6) is 11.5 Å². The van der Waals surface area contributed by atoms with Gasteiger partial charge in [-0.25, -0.2) is 5.01 Å². The van der Waals surface area contributed by atoms with Gasteiger partial charge in [-0.05, 0) is 47.5 Å². The minimum Gasteiger partial charge on any atom is -0.497 e. The molecule has 0 saturated carbocycles. The predicted octanol–water partition coefficient (Wildman–Crippen LogP) is 5.54. The van der Waals surface area contributed by atoms with Gasteiger partial charge in [0.15, 0.2) is 5.17 Å². The second-order valence-corrected chi connectivity index (χ2v) is 10.3. The third-order valence-electron chi connectivity index (χ3n) is 6.22. The molecule has 0 spiro atoms. The maximum absolute atomic E-state index is 12.8. The lowest BCUT2D eigenvalue weighted by Gasteiger charge is -2.23. The SMILES string of the molecule is COc1cccc(NC(=O)C[C@H]2SC(N3N=C(c4ccc(Cl)cc4)C[C@@H]3c3cccc(OC)c3)=NC2=O)c1. The van der Waals surface area contributed by atoms with Gasteiger partial charge < -0.3 is 14.8 Å². The molecule has 1 N–H and O–H groups in total. The highest BCUT2D eigenvalue weighted by atomic mass is 35.5. The summed E-state index contributed by atoms with van der Waals surface area (Å²) >= 11 is 7.34. The molecule has 3 aromatic carbocycles. The minimum atomic E-state index is -0.642. The van der Waals surface area contributed by atoms with Crippen LogP contribution in [0.3, 0.4) is 0 Å². The molecule has 2 aliphatic rings. The molecule has 0 bridgehead atoms. The van der Waals surface area contributed by atoms with E-state index in [0.717, 1.165) is 22.6 Å². The molecule has 2 aliphatic heterocycles. The van der Waals surface area contributed by atoms with E-state index in [1.165, 1.54) is 11.8 Å². The number of hydrogen-bond donors (Lipinski definition) is 1. The van der Waals surface area contributed by atoms with Crippen molar-refractivity contribution in [1.29, 1.82) is 0 Å². The molecule has 0 radical (unpaired) electrons. The molecule has 5 rings (SSSR count). The monoisotopic (exact) mass is 548 g/mol. The Bertz CT molecular complexity index is 1430. The Hall–Kier alpha value is -3.82. The summed E-state index contributed by atoms with van der Waals surface area (Å²) in [4.78, 5) is 29.9. The summed E-state index contributed by atoms with van der Waals surface area (Å²) < 4.78 is 10.6. The summed E-state index contributed by atoms with van der Waals surface area (Å²) in [7, 11) is 3.18. The van der Waals surface area contributed by atoms with E-state index in [4.69, 9.17) is 26.2 Å². The average molecular weight is 549 g/mol. The third kappa shape index (κ3) is 5.69. The van der Waals surface area contributed by atoms with Crippen LogP contribution in [0.2, 0.25) is 5.02 Å². The molecule has 0 aromatic heterocycles. The second-order valence-electron chi connectivity index (χ2n) is 8.72. The smallest absolute Gasteiger partial charge is 0.262 e. The van der Waals surface area contributed by atoms with Crippen molar-refractivity contribution in [3.05, 3.63) is 88.9 Å². The number of hydrazone groups is 1. The zero-order valence-corrected chi connectivity index (χ0v) is 22.3. The Balaban J connectivity index is 1.35. The van der Waals surface area contributed by atoms with Gasteiger partial charge in [-0.2, -0.15) is 10.1 Å². The Morgan fingerprint density at radius 3 is 2.50 bits per heavy atom. The van der Waals surface area contributed by atoms with E-state index in [2.05, 4.69) is 10.3 Å². The highest BCUT2D eigenvalue weighted by Gasteiger charge is 2.39. The molecule has 10 heteroatoms. The molecule has 2 heterocycles. The van der Waals surface area contributed by atoms with Gasteiger partial charge in [-0.1, -0.05) is 53.7 Å². The zero-order chi connectivity index (χ0) is 26.6. The average Bonchev–Trinajstić information content (AvgIpc) is 3.53. The summed E-state index contributed by atoms with van der Waals surface area (Å²) in [5.74, 6) is 0.722. The number of amidine groups is 1. The molecule has 38 heavy (non-hydrogen) atoms. The summed E-state index contributed by atoms with van der Waals surface area (Å²) in [6.45, 7) is 0. The summed E-state index contributed by atoms with van der Waals surface area (Å²) in [6.07, 6.45) is 0.586. The van der Waals surface area contributed by atoms with Crippen LogP contribution in [0, 0.1) is 0 Å². The van der Waals surface area contributed by atoms with Crippen LogP contribution in [-0.2, 0) is 9.59 Å². The highest BCUT2D eigenvalue weighted by Crippen LogP contribution is 2.39. The fourth-order valence-corrected chi connectivity index (χ4v) is 5.49. The van der Waals surface area contributed by atoms with Gasteiger partial charge in [0, 0.05) is 29.6 Å². The van der Waals surface area contributed by atoms with Gasteiger partial charge in [-0.3, -0.25) is 9.59 Å². The van der Waals surface area contributed by atoms with Crippen molar-refractivity contribution in [3.8, 4) is 11.5 Å². The van der Waals surface area contributed by atoms with Crippen molar-refractivity contribution in [1.82, 2.24) is 5.01 Å². The van der Waals surface area contributed by atoms with Crippen LogP contribution >= 0.6 is 23.4 Å². The number of methoxy groups -OCH3 is 2. The van der Waals surface area contributed by atoms with Gasteiger partial charge in [0.1, 0.15) is 16.7 Å². The summed E-state index contributed by atoms with van der Waals surface area (Å²) in [5.41, 5.74) is 3.37. The minimum absolute atomic E-state index is 0.0147. The van der Waals surface area contributed by atoms with Crippen molar-refractivity contribution < 1.29 is 19.1 Å². The molecule has 2 atom stereocenters. The number of anilines is 1. The number of nitrogens with zero attached hydrogens (tertiary/aromatic N) is 3. The van der Waals surface area contributed by atoms with E-state index in [1.54, 1.807) is 43.5 Å². The number of nitrogens with one attached hydrogen (secondary N) is 1. The number of rotatable bonds is 7. The van der Waals surface area contributed by atoms with Gasteiger partial charge in [0.05, 0.1) is 26.0 Å². The standard InChI is InChI=1S/C28H25ClN4O4S/c1-36-21-7-3-5-18(13-21)24-15-23(17-9-11-19(29)12-10-17)32-33(24)28-31-27(35)25(38-28)16-26(34)30-20-6-4-8-22(14-20)37-2/h3-14,24-25H,15-16H2,1-2H3,(H,30,34)/t24-,25-/m1/s1. The third-order valence-corrected chi connectivity index (χ3v) is 7.61. The van der Waals surface area contributed by atoms with Crippen LogP contribution in [-0.4, -0.2) is 47.2 Å². The van der Waals surface area contributed by atoms with Gasteiger partial charge in [0.25, 0.3) is 5.91 Å². The molecular weight excluding hydrogens is 524 g/mol. The quantitative estimate of drug-likeness (QED) is 0.417. The van der Waals surface area contributed by atoms with Crippen molar-refractivity contribution in [3.63, 3.8) is 0 Å². The maximum Gasteiger partial charge on any atom is 0.262 e. The van der Waals surface area contributed by atoms with E-state index in [9.17, 15) is 9.59 Å². The Kier molecular flexibility index (Phi) is 7.67. The first-order chi connectivity index (χ1) is 18.4. The molecule has 194 valence electrons. The second kappa shape index (κ2) is 11.3. The number of ether oxygens (including phenoxy) is 2. The largest absolute Gasteiger partial charge is 0.497 e. The molecule has 0 saturated heterocycles. The lowest BCUT2D eigenvalue weighted by atomic mass is 9.98. The molecule has 8 nitrogen and oxygen atoms in total. The van der Waals surface area contributed by atoms with Gasteiger partial charge >= 0.3 is 0 Å². The first kappa shape index (κ1) is 25.8. The molecule has 2 amide bonds. The topological polar surface area (TPSA) is 92.6 Å². The normalized spacial score (nSPS) is 18.7. The Morgan fingerprint density at radius 2 is 1.76 bits per heavy atom. The molecule has 0 fully saturated rings. The van der Waals surface area contributed by atoms with Crippen LogP contribution < -0.4 is 14.8 Å². The zero-order valence-electron chi connectivity index (χ0n) is 20.8. The van der Waals surface area contributed by atoms with Crippen LogP contribution in [0.15, 0.2) is 82.9 Å². The van der Waals surface area contributed by atoms with Crippen molar-refractivity contribution >= 4 is 51.7 Å².